The van der Waals surface area contributed by atoms with Gasteiger partial charge in [0.05, 0.1) is 11.9 Å². The van der Waals surface area contributed by atoms with Gasteiger partial charge in [-0.05, 0) is 24.3 Å². The van der Waals surface area contributed by atoms with E-state index in [-0.39, 0.29) is 5.56 Å². The first-order valence-electron chi connectivity index (χ1n) is 5.46. The molecule has 0 heterocycles. The maximum Gasteiger partial charge on any atom is 0.163 e. The Morgan fingerprint density at radius 3 is 2.58 bits per heavy atom. The summed E-state index contributed by atoms with van der Waals surface area (Å²) in [6.45, 7) is 0. The van der Waals surface area contributed by atoms with Crippen LogP contribution in [0.15, 0.2) is 36.4 Å². The van der Waals surface area contributed by atoms with Crippen molar-refractivity contribution in [2.24, 2.45) is 0 Å². The molecule has 0 radical (unpaired) electrons. The summed E-state index contributed by atoms with van der Waals surface area (Å²) in [5.41, 5.74) is 0.833. The summed E-state index contributed by atoms with van der Waals surface area (Å²) in [4.78, 5) is -0.545. The Labute approximate surface area is 123 Å². The summed E-state index contributed by atoms with van der Waals surface area (Å²) < 4.78 is 32.3. The molecule has 0 aliphatic rings. The van der Waals surface area contributed by atoms with Crippen molar-refractivity contribution in [2.45, 2.75) is 4.83 Å². The van der Waals surface area contributed by atoms with E-state index in [9.17, 15) is 8.78 Å². The monoisotopic (exact) mass is 346 g/mol. The fourth-order valence-electron chi connectivity index (χ4n) is 1.79. The minimum atomic E-state index is -0.886. The van der Waals surface area contributed by atoms with E-state index in [0.29, 0.717) is 16.3 Å². The van der Waals surface area contributed by atoms with Crippen LogP contribution in [0.3, 0.4) is 0 Å². The molecule has 0 N–H and O–H groups in total. The smallest absolute Gasteiger partial charge is 0.163 e. The number of halogens is 4. The molecule has 1 unspecified atom stereocenters. The lowest BCUT2D eigenvalue weighted by atomic mass is 10.0. The molecule has 0 saturated heterocycles. The Bertz CT molecular complexity index is 604. The third-order valence-electron chi connectivity index (χ3n) is 2.72. The Kier molecular flexibility index (Phi) is 4.42. The Morgan fingerprint density at radius 1 is 1.16 bits per heavy atom. The number of alkyl halides is 1. The lowest BCUT2D eigenvalue weighted by Crippen LogP contribution is -2.01. The van der Waals surface area contributed by atoms with Gasteiger partial charge in [0.15, 0.2) is 11.6 Å². The molecule has 0 saturated carbocycles. The zero-order valence-electron chi connectivity index (χ0n) is 9.96. The zero-order valence-corrected chi connectivity index (χ0v) is 12.3. The molecular weight excluding hydrogens is 338 g/mol. The molecule has 0 aliphatic carbocycles. The second-order valence-electron chi connectivity index (χ2n) is 3.89. The predicted molar refractivity (Wildman–Crippen MR) is 75.1 cm³/mol. The number of benzene rings is 2. The first-order chi connectivity index (χ1) is 9.04. The van der Waals surface area contributed by atoms with E-state index in [4.69, 9.17) is 16.3 Å². The highest BCUT2D eigenvalue weighted by atomic mass is 79.9. The van der Waals surface area contributed by atoms with Gasteiger partial charge in [-0.2, -0.15) is 0 Å². The molecule has 0 aliphatic heterocycles. The Hall–Kier alpha value is -1.13. The maximum atomic E-state index is 13.8. The average Bonchev–Trinajstić information content (AvgIpc) is 2.41. The molecule has 2 aromatic carbocycles. The van der Waals surface area contributed by atoms with E-state index in [1.807, 2.05) is 0 Å². The SMILES string of the molecule is COc1ccc(Cl)cc1C(Br)c1cccc(F)c1F. The largest absolute Gasteiger partial charge is 0.496 e. The number of hydrogen-bond donors (Lipinski definition) is 0. The highest BCUT2D eigenvalue weighted by molar-refractivity contribution is 9.09. The number of hydrogen-bond acceptors (Lipinski definition) is 1. The van der Waals surface area contributed by atoms with E-state index in [2.05, 4.69) is 15.9 Å². The van der Waals surface area contributed by atoms with Crippen LogP contribution in [0.4, 0.5) is 8.78 Å². The molecule has 2 aromatic rings. The van der Waals surface area contributed by atoms with Crippen molar-refractivity contribution in [3.8, 4) is 5.75 Å². The summed E-state index contributed by atoms with van der Waals surface area (Å²) >= 11 is 9.29. The van der Waals surface area contributed by atoms with Crippen LogP contribution in [0.1, 0.15) is 16.0 Å². The van der Waals surface area contributed by atoms with Gasteiger partial charge in [0.1, 0.15) is 5.75 Å². The molecule has 0 spiro atoms. The summed E-state index contributed by atoms with van der Waals surface area (Å²) in [5, 5.41) is 0.497. The highest BCUT2D eigenvalue weighted by Crippen LogP contribution is 2.39. The summed E-state index contributed by atoms with van der Waals surface area (Å²) in [6, 6.07) is 9.06. The summed E-state index contributed by atoms with van der Waals surface area (Å²) in [7, 11) is 1.51. The van der Waals surface area contributed by atoms with Crippen LogP contribution >= 0.6 is 27.5 Å². The Balaban J connectivity index is 2.52. The molecule has 1 nitrogen and oxygen atoms in total. The minimum absolute atomic E-state index is 0.195. The van der Waals surface area contributed by atoms with Gasteiger partial charge < -0.3 is 4.74 Å². The fourth-order valence-corrected chi connectivity index (χ4v) is 2.68. The van der Waals surface area contributed by atoms with Crippen LogP contribution < -0.4 is 4.74 Å². The van der Waals surface area contributed by atoms with Crippen molar-refractivity contribution in [1.82, 2.24) is 0 Å². The van der Waals surface area contributed by atoms with Crippen LogP contribution in [-0.4, -0.2) is 7.11 Å². The number of methoxy groups -OCH3 is 1. The third-order valence-corrected chi connectivity index (χ3v) is 3.94. The molecule has 5 heteroatoms. The van der Waals surface area contributed by atoms with E-state index in [1.165, 1.54) is 19.2 Å². The van der Waals surface area contributed by atoms with Crippen molar-refractivity contribution in [3.05, 3.63) is 64.2 Å². The van der Waals surface area contributed by atoms with Gasteiger partial charge in [-0.15, -0.1) is 0 Å². The molecule has 0 aromatic heterocycles. The summed E-state index contributed by atoms with van der Waals surface area (Å²) in [6.07, 6.45) is 0. The van der Waals surface area contributed by atoms with Gasteiger partial charge >= 0.3 is 0 Å². The molecule has 0 amide bonds. The second kappa shape index (κ2) is 5.88. The fraction of sp³-hybridized carbons (Fsp3) is 0.143. The second-order valence-corrected chi connectivity index (χ2v) is 5.24. The molecule has 0 bridgehead atoms. The lowest BCUT2D eigenvalue weighted by Gasteiger charge is -2.16. The maximum absolute atomic E-state index is 13.8. The molecular formula is C14H10BrClF2O. The van der Waals surface area contributed by atoms with Crippen LogP contribution in [0, 0.1) is 11.6 Å². The van der Waals surface area contributed by atoms with Crippen molar-refractivity contribution < 1.29 is 13.5 Å². The first-order valence-corrected chi connectivity index (χ1v) is 6.75. The zero-order chi connectivity index (χ0) is 14.0. The van der Waals surface area contributed by atoms with Gasteiger partial charge in [0.25, 0.3) is 0 Å². The van der Waals surface area contributed by atoms with Gasteiger partial charge in [0.2, 0.25) is 0 Å². The first kappa shape index (κ1) is 14.3. The topological polar surface area (TPSA) is 9.23 Å². The van der Waals surface area contributed by atoms with E-state index in [1.54, 1.807) is 18.2 Å². The van der Waals surface area contributed by atoms with Crippen LogP contribution in [-0.2, 0) is 0 Å². The molecule has 1 atom stereocenters. The number of ether oxygens (including phenoxy) is 1. The molecule has 100 valence electrons. The lowest BCUT2D eigenvalue weighted by molar-refractivity contribution is 0.410. The predicted octanol–water partition coefficient (Wildman–Crippen LogP) is 5.11. The van der Waals surface area contributed by atoms with Gasteiger partial charge in [-0.3, -0.25) is 0 Å². The van der Waals surface area contributed by atoms with Crippen LogP contribution in [0.5, 0.6) is 5.75 Å². The normalized spacial score (nSPS) is 12.3. The molecule has 19 heavy (non-hydrogen) atoms. The van der Waals surface area contributed by atoms with Crippen molar-refractivity contribution >= 4 is 27.5 Å². The average molecular weight is 348 g/mol. The third kappa shape index (κ3) is 2.90. The van der Waals surface area contributed by atoms with Gasteiger partial charge in [0, 0.05) is 16.1 Å². The standard InChI is InChI=1S/C14H10BrClF2O/c1-19-12-6-5-8(16)7-10(12)13(15)9-3-2-4-11(17)14(9)18/h2-7,13H,1H3. The van der Waals surface area contributed by atoms with E-state index in [0.717, 1.165) is 6.07 Å². The molecule has 0 fully saturated rings. The van der Waals surface area contributed by atoms with Crippen molar-refractivity contribution in [1.29, 1.82) is 0 Å². The number of rotatable bonds is 3. The van der Waals surface area contributed by atoms with E-state index >= 15 is 0 Å². The van der Waals surface area contributed by atoms with Crippen LogP contribution in [0.25, 0.3) is 0 Å². The van der Waals surface area contributed by atoms with Crippen molar-refractivity contribution in [3.63, 3.8) is 0 Å². The minimum Gasteiger partial charge on any atom is -0.496 e. The van der Waals surface area contributed by atoms with Crippen LogP contribution in [0.2, 0.25) is 5.02 Å². The van der Waals surface area contributed by atoms with E-state index < -0.39 is 16.5 Å². The quantitative estimate of drug-likeness (QED) is 0.701. The van der Waals surface area contributed by atoms with Gasteiger partial charge in [-0.25, -0.2) is 8.78 Å². The Morgan fingerprint density at radius 2 is 1.89 bits per heavy atom. The summed E-state index contributed by atoms with van der Waals surface area (Å²) in [5.74, 6) is -1.22. The molecule has 2 rings (SSSR count). The van der Waals surface area contributed by atoms with Gasteiger partial charge in [-0.1, -0.05) is 39.7 Å². The highest BCUT2D eigenvalue weighted by Gasteiger charge is 2.20. The van der Waals surface area contributed by atoms with Crippen molar-refractivity contribution in [2.75, 3.05) is 7.11 Å².